The number of benzene rings is 2. The van der Waals surface area contributed by atoms with Crippen LogP contribution in [0.3, 0.4) is 0 Å². The molecule has 132 valence electrons. The molecule has 0 fully saturated rings. The lowest BCUT2D eigenvalue weighted by Crippen LogP contribution is -2.15. The molecule has 0 aliphatic rings. The molecule has 1 heterocycles. The number of rotatable bonds is 5. The number of hydrogen-bond donors (Lipinski definition) is 2. The molecule has 0 aliphatic heterocycles. The van der Waals surface area contributed by atoms with Crippen molar-refractivity contribution >= 4 is 17.3 Å². The van der Waals surface area contributed by atoms with E-state index in [4.69, 9.17) is 0 Å². The number of aryl methyl sites for hydroxylation is 2. The first-order chi connectivity index (χ1) is 12.5. The third-order valence-electron chi connectivity index (χ3n) is 4.04. The fraction of sp³-hybridized carbons (Fsp3) is 0.143. The molecule has 0 atom stereocenters. The topological polar surface area (TPSA) is 54.0 Å². The Morgan fingerprint density at radius 2 is 1.81 bits per heavy atom. The van der Waals surface area contributed by atoms with Crippen molar-refractivity contribution in [2.45, 2.75) is 20.4 Å². The van der Waals surface area contributed by atoms with Crippen LogP contribution in [-0.4, -0.2) is 10.9 Å². The van der Waals surface area contributed by atoms with Crippen LogP contribution in [0.1, 0.15) is 27.2 Å². The van der Waals surface area contributed by atoms with Gasteiger partial charge in [-0.3, -0.25) is 9.78 Å². The minimum atomic E-state index is -0.261. The molecule has 0 bridgehead atoms. The van der Waals surface area contributed by atoms with Gasteiger partial charge in [-0.25, -0.2) is 4.39 Å². The van der Waals surface area contributed by atoms with Crippen LogP contribution in [0.4, 0.5) is 15.8 Å². The second-order valence-corrected chi connectivity index (χ2v) is 6.18. The zero-order valence-electron chi connectivity index (χ0n) is 14.7. The highest BCUT2D eigenvalue weighted by Gasteiger charge is 2.10. The molecule has 3 aromatic rings. The maximum atomic E-state index is 13.0. The Bertz CT molecular complexity index is 923. The Kier molecular flexibility index (Phi) is 5.27. The molecule has 0 unspecified atom stereocenters. The van der Waals surface area contributed by atoms with E-state index < -0.39 is 0 Å². The molecular formula is C21H20FN3O. The van der Waals surface area contributed by atoms with Crippen molar-refractivity contribution in [1.82, 2.24) is 4.98 Å². The second kappa shape index (κ2) is 7.78. The maximum absolute atomic E-state index is 13.0. The van der Waals surface area contributed by atoms with Crippen LogP contribution < -0.4 is 10.6 Å². The van der Waals surface area contributed by atoms with Gasteiger partial charge in [0.15, 0.2) is 0 Å². The molecule has 0 saturated heterocycles. The minimum Gasteiger partial charge on any atom is -0.381 e. The summed E-state index contributed by atoms with van der Waals surface area (Å²) in [6, 6.07) is 15.7. The fourth-order valence-corrected chi connectivity index (χ4v) is 2.53. The molecule has 2 aromatic carbocycles. The zero-order valence-corrected chi connectivity index (χ0v) is 14.7. The van der Waals surface area contributed by atoms with Crippen LogP contribution in [0.25, 0.3) is 0 Å². The molecule has 3 rings (SSSR count). The number of carbonyl (C=O) groups is 1. The van der Waals surface area contributed by atoms with Gasteiger partial charge in [-0.05, 0) is 60.9 Å². The van der Waals surface area contributed by atoms with Gasteiger partial charge in [0, 0.05) is 24.1 Å². The molecule has 26 heavy (non-hydrogen) atoms. The van der Waals surface area contributed by atoms with Gasteiger partial charge in [-0.2, -0.15) is 0 Å². The highest BCUT2D eigenvalue weighted by atomic mass is 19.1. The van der Waals surface area contributed by atoms with Crippen LogP contribution in [0.5, 0.6) is 0 Å². The van der Waals surface area contributed by atoms with E-state index in [0.29, 0.717) is 12.2 Å². The van der Waals surface area contributed by atoms with Crippen molar-refractivity contribution in [3.8, 4) is 0 Å². The Balaban J connectivity index is 1.69. The molecular weight excluding hydrogens is 329 g/mol. The van der Waals surface area contributed by atoms with Crippen molar-refractivity contribution in [2.75, 3.05) is 10.6 Å². The summed E-state index contributed by atoms with van der Waals surface area (Å²) in [6.07, 6.45) is 1.59. The van der Waals surface area contributed by atoms with Crippen LogP contribution in [-0.2, 0) is 6.54 Å². The lowest BCUT2D eigenvalue weighted by Gasteiger charge is -2.11. The van der Waals surface area contributed by atoms with E-state index in [1.54, 1.807) is 30.5 Å². The Morgan fingerprint density at radius 3 is 2.58 bits per heavy atom. The van der Waals surface area contributed by atoms with Crippen LogP contribution in [0.2, 0.25) is 0 Å². The van der Waals surface area contributed by atoms with Gasteiger partial charge >= 0.3 is 0 Å². The first kappa shape index (κ1) is 17.6. The summed E-state index contributed by atoms with van der Waals surface area (Å²) in [6.45, 7) is 4.46. The number of aromatic nitrogens is 1. The van der Waals surface area contributed by atoms with Crippen molar-refractivity contribution in [2.24, 2.45) is 0 Å². The fourth-order valence-electron chi connectivity index (χ4n) is 2.53. The predicted molar refractivity (Wildman–Crippen MR) is 102 cm³/mol. The number of nitrogens with zero attached hydrogens (tertiary/aromatic N) is 1. The van der Waals surface area contributed by atoms with Gasteiger partial charge in [-0.1, -0.05) is 24.3 Å². The number of nitrogens with one attached hydrogen (secondary N) is 2. The average molecular weight is 349 g/mol. The van der Waals surface area contributed by atoms with Crippen LogP contribution in [0.15, 0.2) is 60.8 Å². The first-order valence-corrected chi connectivity index (χ1v) is 8.34. The summed E-state index contributed by atoms with van der Waals surface area (Å²) >= 11 is 0. The maximum Gasteiger partial charge on any atom is 0.274 e. The van der Waals surface area contributed by atoms with Crippen molar-refractivity contribution in [3.05, 3.63) is 89.0 Å². The summed E-state index contributed by atoms with van der Waals surface area (Å²) in [5, 5.41) is 6.12. The molecule has 0 spiro atoms. The highest BCUT2D eigenvalue weighted by Crippen LogP contribution is 2.18. The van der Waals surface area contributed by atoms with Gasteiger partial charge in [0.25, 0.3) is 5.91 Å². The van der Waals surface area contributed by atoms with Gasteiger partial charge < -0.3 is 10.6 Å². The molecule has 5 heteroatoms. The van der Waals surface area contributed by atoms with E-state index in [-0.39, 0.29) is 11.7 Å². The Labute approximate surface area is 152 Å². The number of anilines is 2. The van der Waals surface area contributed by atoms with Gasteiger partial charge in [-0.15, -0.1) is 0 Å². The van der Waals surface area contributed by atoms with Gasteiger partial charge in [0.05, 0.1) is 0 Å². The van der Waals surface area contributed by atoms with Crippen molar-refractivity contribution in [1.29, 1.82) is 0 Å². The second-order valence-electron chi connectivity index (χ2n) is 6.18. The third kappa shape index (κ3) is 4.45. The van der Waals surface area contributed by atoms with Gasteiger partial charge in [0.2, 0.25) is 0 Å². The SMILES string of the molecule is Cc1ccc(C)c(NC(=O)c2cc(NCc3ccc(F)cc3)ccn2)c1. The van der Waals surface area contributed by atoms with E-state index in [1.807, 2.05) is 32.0 Å². The summed E-state index contributed by atoms with van der Waals surface area (Å²) in [4.78, 5) is 16.7. The average Bonchev–Trinajstić information content (AvgIpc) is 2.64. The molecule has 0 aliphatic carbocycles. The lowest BCUT2D eigenvalue weighted by atomic mass is 10.1. The summed E-state index contributed by atoms with van der Waals surface area (Å²) in [7, 11) is 0. The van der Waals surface area contributed by atoms with Crippen LogP contribution >= 0.6 is 0 Å². The first-order valence-electron chi connectivity index (χ1n) is 8.34. The smallest absolute Gasteiger partial charge is 0.274 e. The predicted octanol–water partition coefficient (Wildman–Crippen LogP) is 4.70. The summed E-state index contributed by atoms with van der Waals surface area (Å²) in [5.41, 5.74) is 4.90. The Hall–Kier alpha value is -3.21. The minimum absolute atomic E-state index is 0.260. The van der Waals surface area contributed by atoms with Crippen LogP contribution in [0, 0.1) is 19.7 Å². The monoisotopic (exact) mass is 349 g/mol. The molecule has 0 radical (unpaired) electrons. The number of amides is 1. The molecule has 1 aromatic heterocycles. The van der Waals surface area contributed by atoms with E-state index in [1.165, 1.54) is 12.1 Å². The highest BCUT2D eigenvalue weighted by molar-refractivity contribution is 6.03. The van der Waals surface area contributed by atoms with Gasteiger partial charge in [0.1, 0.15) is 11.5 Å². The molecule has 4 nitrogen and oxygen atoms in total. The van der Waals surface area contributed by atoms with E-state index >= 15 is 0 Å². The van der Waals surface area contributed by atoms with Crippen molar-refractivity contribution in [3.63, 3.8) is 0 Å². The Morgan fingerprint density at radius 1 is 1.04 bits per heavy atom. The summed E-state index contributed by atoms with van der Waals surface area (Å²) in [5.74, 6) is -0.521. The van der Waals surface area contributed by atoms with E-state index in [0.717, 1.165) is 28.1 Å². The standard InChI is InChI=1S/C21H20FN3O/c1-14-3-4-15(2)19(11-14)25-21(26)20-12-18(9-10-23-20)24-13-16-5-7-17(22)8-6-16/h3-12H,13H2,1-2H3,(H,23,24)(H,25,26). The third-order valence-corrected chi connectivity index (χ3v) is 4.04. The molecule has 1 amide bonds. The normalized spacial score (nSPS) is 10.4. The zero-order chi connectivity index (χ0) is 18.5. The number of halogens is 1. The number of pyridine rings is 1. The summed E-state index contributed by atoms with van der Waals surface area (Å²) < 4.78 is 13.0. The largest absolute Gasteiger partial charge is 0.381 e. The van der Waals surface area contributed by atoms with E-state index in [9.17, 15) is 9.18 Å². The number of carbonyl (C=O) groups excluding carboxylic acids is 1. The van der Waals surface area contributed by atoms with E-state index in [2.05, 4.69) is 15.6 Å². The number of hydrogen-bond acceptors (Lipinski definition) is 3. The molecule has 2 N–H and O–H groups in total. The quantitative estimate of drug-likeness (QED) is 0.702. The van der Waals surface area contributed by atoms with Crippen molar-refractivity contribution < 1.29 is 9.18 Å². The molecule has 0 saturated carbocycles. The lowest BCUT2D eigenvalue weighted by molar-refractivity contribution is 0.102.